The topological polar surface area (TPSA) is 55.4 Å². The molecule has 2 rings (SSSR count). The highest BCUT2D eigenvalue weighted by Crippen LogP contribution is 2.31. The molecule has 1 saturated carbocycles. The first-order chi connectivity index (χ1) is 10.6. The molecule has 1 aromatic carbocycles. The molecule has 4 nitrogen and oxygen atoms in total. The van der Waals surface area contributed by atoms with Crippen LogP contribution in [0.5, 0.6) is 0 Å². The predicted molar refractivity (Wildman–Crippen MR) is 89.0 cm³/mol. The number of alkyl halides is 1. The Morgan fingerprint density at radius 1 is 1.14 bits per heavy atom. The number of carbonyl (C=O) groups excluding carboxylic acids is 2. The summed E-state index contributed by atoms with van der Waals surface area (Å²) in [4.78, 5) is 23.9. The number of halogens is 1. The predicted octanol–water partition coefficient (Wildman–Crippen LogP) is 3.97. The lowest BCUT2D eigenvalue weighted by atomic mass is 9.78. The van der Waals surface area contributed by atoms with Gasteiger partial charge in [0.1, 0.15) is 12.4 Å². The van der Waals surface area contributed by atoms with E-state index < -0.39 is 11.6 Å². The number of rotatable bonds is 6. The zero-order valence-electron chi connectivity index (χ0n) is 12.6. The van der Waals surface area contributed by atoms with E-state index in [2.05, 4.69) is 21.2 Å². The van der Waals surface area contributed by atoms with Crippen LogP contribution in [0.25, 0.3) is 0 Å². The normalized spacial score (nSPS) is 16.8. The maximum atomic E-state index is 12.1. The third kappa shape index (κ3) is 5.13. The van der Waals surface area contributed by atoms with Crippen molar-refractivity contribution in [2.24, 2.45) is 0 Å². The molecule has 0 saturated heterocycles. The van der Waals surface area contributed by atoms with E-state index in [-0.39, 0.29) is 12.4 Å². The summed E-state index contributed by atoms with van der Waals surface area (Å²) in [5.41, 5.74) is 0.517. The van der Waals surface area contributed by atoms with E-state index in [1.807, 2.05) is 30.3 Å². The molecule has 1 fully saturated rings. The molecule has 1 aliphatic carbocycles. The lowest BCUT2D eigenvalue weighted by molar-refractivity contribution is -0.118. The number of hydrogen-bond acceptors (Lipinski definition) is 3. The van der Waals surface area contributed by atoms with Gasteiger partial charge in [-0.3, -0.25) is 4.79 Å². The molecule has 5 heteroatoms. The minimum absolute atomic E-state index is 0.116. The van der Waals surface area contributed by atoms with Crippen LogP contribution in [0, 0.1) is 0 Å². The second-order valence-electron chi connectivity index (χ2n) is 5.88. The highest BCUT2D eigenvalue weighted by atomic mass is 79.9. The lowest BCUT2D eigenvalue weighted by Crippen LogP contribution is -2.51. The van der Waals surface area contributed by atoms with Gasteiger partial charge in [0.25, 0.3) is 0 Å². The molecule has 1 aromatic rings. The van der Waals surface area contributed by atoms with Crippen LogP contribution in [0.4, 0.5) is 4.79 Å². The monoisotopic (exact) mass is 367 g/mol. The third-order valence-electron chi connectivity index (χ3n) is 4.08. The molecule has 120 valence electrons. The molecular formula is C17H22BrNO3. The van der Waals surface area contributed by atoms with Crippen molar-refractivity contribution in [3.63, 3.8) is 0 Å². The second kappa shape index (κ2) is 8.32. The van der Waals surface area contributed by atoms with E-state index in [1.54, 1.807) is 0 Å². The van der Waals surface area contributed by atoms with Crippen molar-refractivity contribution >= 4 is 27.8 Å². The van der Waals surface area contributed by atoms with Crippen LogP contribution in [0.2, 0.25) is 0 Å². The van der Waals surface area contributed by atoms with E-state index in [4.69, 9.17) is 4.74 Å². The van der Waals surface area contributed by atoms with Gasteiger partial charge in [0.2, 0.25) is 0 Å². The second-order valence-corrected chi connectivity index (χ2v) is 6.44. The summed E-state index contributed by atoms with van der Waals surface area (Å²) in [5, 5.41) is 3.29. The Bertz CT molecular complexity index is 498. The molecule has 0 spiro atoms. The quantitative estimate of drug-likeness (QED) is 0.773. The summed E-state index contributed by atoms with van der Waals surface area (Å²) in [6.07, 6.45) is 4.85. The summed E-state index contributed by atoms with van der Waals surface area (Å²) in [7, 11) is 0. The highest BCUT2D eigenvalue weighted by Gasteiger charge is 2.35. The van der Waals surface area contributed by atoms with Gasteiger partial charge in [-0.2, -0.15) is 0 Å². The Labute approximate surface area is 139 Å². The SMILES string of the molecule is O=C(CBr)CC1(NC(=O)OCc2ccccc2)CCCCC1. The standard InChI is InChI=1S/C17H22BrNO3/c18-12-15(20)11-17(9-5-2-6-10-17)19-16(21)22-13-14-7-3-1-4-8-14/h1,3-4,7-8H,2,5-6,9-13H2,(H,19,21). The molecule has 0 aromatic heterocycles. The van der Waals surface area contributed by atoms with Crippen molar-refractivity contribution < 1.29 is 14.3 Å². The van der Waals surface area contributed by atoms with Crippen molar-refractivity contribution in [2.45, 2.75) is 50.7 Å². The van der Waals surface area contributed by atoms with Crippen molar-refractivity contribution in [3.8, 4) is 0 Å². The molecule has 22 heavy (non-hydrogen) atoms. The minimum atomic E-state index is -0.437. The van der Waals surface area contributed by atoms with Gasteiger partial charge in [0, 0.05) is 6.42 Å². The zero-order valence-corrected chi connectivity index (χ0v) is 14.2. The smallest absolute Gasteiger partial charge is 0.407 e. The van der Waals surface area contributed by atoms with Crippen LogP contribution >= 0.6 is 15.9 Å². The van der Waals surface area contributed by atoms with Crippen LogP contribution in [0.1, 0.15) is 44.1 Å². The molecule has 0 unspecified atom stereocenters. The van der Waals surface area contributed by atoms with E-state index in [0.717, 1.165) is 37.7 Å². The number of nitrogens with one attached hydrogen (secondary N) is 1. The number of benzene rings is 1. The summed E-state index contributed by atoms with van der Waals surface area (Å²) in [5.74, 6) is 0.116. The van der Waals surface area contributed by atoms with Crippen LogP contribution in [0.3, 0.4) is 0 Å². The summed E-state index contributed by atoms with van der Waals surface area (Å²) in [6, 6.07) is 9.57. The largest absolute Gasteiger partial charge is 0.445 e. The molecule has 0 radical (unpaired) electrons. The Hall–Kier alpha value is -1.36. The number of carbonyl (C=O) groups is 2. The molecule has 0 heterocycles. The number of hydrogen-bond donors (Lipinski definition) is 1. The average molecular weight is 368 g/mol. The van der Waals surface area contributed by atoms with Gasteiger partial charge in [-0.25, -0.2) is 4.79 Å². The van der Waals surface area contributed by atoms with Crippen LogP contribution in [0.15, 0.2) is 30.3 Å². The molecule has 1 N–H and O–H groups in total. The lowest BCUT2D eigenvalue weighted by Gasteiger charge is -2.37. The number of ether oxygens (including phenoxy) is 1. The number of alkyl carbamates (subject to hydrolysis) is 1. The summed E-state index contributed by atoms with van der Waals surface area (Å²) >= 11 is 3.20. The Balaban J connectivity index is 1.91. The highest BCUT2D eigenvalue weighted by molar-refractivity contribution is 9.09. The first kappa shape index (κ1) is 17.0. The van der Waals surface area contributed by atoms with Crippen molar-refractivity contribution in [1.82, 2.24) is 5.32 Å². The first-order valence-corrected chi connectivity index (χ1v) is 8.82. The summed E-state index contributed by atoms with van der Waals surface area (Å²) < 4.78 is 5.30. The maximum absolute atomic E-state index is 12.1. The van der Waals surface area contributed by atoms with E-state index in [0.29, 0.717) is 11.8 Å². The van der Waals surface area contributed by atoms with E-state index >= 15 is 0 Å². The van der Waals surface area contributed by atoms with E-state index in [1.165, 1.54) is 0 Å². The van der Waals surface area contributed by atoms with E-state index in [9.17, 15) is 9.59 Å². The number of Topliss-reactive ketones (excluding diaryl/α,β-unsaturated/α-hetero) is 1. The fraction of sp³-hybridized carbons (Fsp3) is 0.529. The van der Waals surface area contributed by atoms with Gasteiger partial charge >= 0.3 is 6.09 Å². The molecule has 1 amide bonds. The fourth-order valence-electron chi connectivity index (χ4n) is 2.97. The molecule has 1 aliphatic rings. The van der Waals surface area contributed by atoms with Crippen LogP contribution in [-0.2, 0) is 16.1 Å². The van der Waals surface area contributed by atoms with Gasteiger partial charge in [-0.05, 0) is 18.4 Å². The first-order valence-electron chi connectivity index (χ1n) is 7.70. The van der Waals surface area contributed by atoms with Crippen molar-refractivity contribution in [1.29, 1.82) is 0 Å². The van der Waals surface area contributed by atoms with Gasteiger partial charge in [-0.1, -0.05) is 65.5 Å². The van der Waals surface area contributed by atoms with Gasteiger partial charge in [-0.15, -0.1) is 0 Å². The van der Waals surface area contributed by atoms with Crippen LogP contribution in [-0.4, -0.2) is 22.7 Å². The van der Waals surface area contributed by atoms with Gasteiger partial charge < -0.3 is 10.1 Å². The van der Waals surface area contributed by atoms with Crippen molar-refractivity contribution in [3.05, 3.63) is 35.9 Å². The fourth-order valence-corrected chi connectivity index (χ4v) is 3.17. The van der Waals surface area contributed by atoms with Crippen molar-refractivity contribution in [2.75, 3.05) is 5.33 Å². The Morgan fingerprint density at radius 3 is 2.45 bits per heavy atom. The molecule has 0 atom stereocenters. The molecule has 0 aliphatic heterocycles. The molecular weight excluding hydrogens is 346 g/mol. The number of amides is 1. The minimum Gasteiger partial charge on any atom is -0.445 e. The maximum Gasteiger partial charge on any atom is 0.407 e. The molecule has 0 bridgehead atoms. The van der Waals surface area contributed by atoms with Gasteiger partial charge in [0.15, 0.2) is 0 Å². The number of ketones is 1. The third-order valence-corrected chi connectivity index (χ3v) is 4.70. The Kier molecular flexibility index (Phi) is 6.43. The average Bonchev–Trinajstić information content (AvgIpc) is 2.54. The summed E-state index contributed by atoms with van der Waals surface area (Å²) in [6.45, 7) is 0.245. The van der Waals surface area contributed by atoms with Crippen LogP contribution < -0.4 is 5.32 Å². The Morgan fingerprint density at radius 2 is 1.82 bits per heavy atom. The zero-order chi connectivity index (χ0) is 15.8. The van der Waals surface area contributed by atoms with Gasteiger partial charge in [0.05, 0.1) is 10.9 Å².